The molecule has 2 N–H and O–H groups in total. The van der Waals surface area contributed by atoms with Gasteiger partial charge < -0.3 is 10.1 Å². The predicted octanol–water partition coefficient (Wildman–Crippen LogP) is 4.71. The van der Waals surface area contributed by atoms with Gasteiger partial charge in [-0.3, -0.25) is 9.79 Å². The molecule has 3 unspecified atom stereocenters. The summed E-state index contributed by atoms with van der Waals surface area (Å²) in [6.45, 7) is 4.05. The molecule has 2 heterocycles. The Morgan fingerprint density at radius 1 is 1.19 bits per heavy atom. The summed E-state index contributed by atoms with van der Waals surface area (Å²) in [4.78, 5) is 19.8. The normalized spacial score (nSPS) is 19.4. The summed E-state index contributed by atoms with van der Waals surface area (Å²) in [6.07, 6.45) is 4.50. The molecule has 1 aliphatic rings. The van der Waals surface area contributed by atoms with Gasteiger partial charge in [0.1, 0.15) is 5.92 Å². The second-order valence-corrected chi connectivity index (χ2v) is 10.7. The minimum Gasteiger partial charge on any atom is -0.480 e. The third kappa shape index (κ3) is 3.97. The van der Waals surface area contributed by atoms with Gasteiger partial charge in [0.05, 0.1) is 10.1 Å². The Kier molecular flexibility index (Phi) is 6.20. The molecular formula is C25H28N2O4S. The molecule has 0 bridgehead atoms. The number of aryl methyl sites for hydroxylation is 1. The van der Waals surface area contributed by atoms with E-state index in [1.807, 2.05) is 36.4 Å². The molecule has 0 aliphatic carbocycles. The molecule has 7 heteroatoms. The zero-order valence-electron chi connectivity index (χ0n) is 18.3. The third-order valence-corrected chi connectivity index (χ3v) is 8.64. The largest absolute Gasteiger partial charge is 0.480 e. The Balaban J connectivity index is 1.76. The van der Waals surface area contributed by atoms with Crippen LogP contribution in [-0.4, -0.2) is 42.5 Å². The lowest BCUT2D eigenvalue weighted by molar-refractivity contribution is -0.137. The van der Waals surface area contributed by atoms with Crippen LogP contribution in [0.2, 0.25) is 0 Å². The molecule has 0 fully saturated rings. The number of aliphatic carboxylic acids is 1. The van der Waals surface area contributed by atoms with E-state index in [0.29, 0.717) is 5.69 Å². The summed E-state index contributed by atoms with van der Waals surface area (Å²) in [7, 11) is -3.65. The Labute approximate surface area is 188 Å². The van der Waals surface area contributed by atoms with E-state index in [-0.39, 0.29) is 11.4 Å². The van der Waals surface area contributed by atoms with Crippen molar-refractivity contribution in [1.29, 1.82) is 0 Å². The van der Waals surface area contributed by atoms with Gasteiger partial charge in [-0.2, -0.15) is 0 Å². The quantitative estimate of drug-likeness (QED) is 0.542. The molecule has 2 aromatic carbocycles. The van der Waals surface area contributed by atoms with Crippen LogP contribution < -0.4 is 0 Å². The first-order valence-corrected chi connectivity index (χ1v) is 12.5. The van der Waals surface area contributed by atoms with Crippen molar-refractivity contribution >= 4 is 32.9 Å². The van der Waals surface area contributed by atoms with E-state index >= 15 is 0 Å². The molecule has 1 aliphatic heterocycles. The summed E-state index contributed by atoms with van der Waals surface area (Å²) in [6, 6.07) is 14.7. The van der Waals surface area contributed by atoms with Crippen LogP contribution >= 0.6 is 0 Å². The first-order chi connectivity index (χ1) is 15.3. The molecule has 168 valence electrons. The Morgan fingerprint density at radius 3 is 2.59 bits per heavy atom. The number of aliphatic imine (C=N–C) groups is 1. The monoisotopic (exact) mass is 452 g/mol. The summed E-state index contributed by atoms with van der Waals surface area (Å²) in [5.74, 6) is -2.41. The fourth-order valence-electron chi connectivity index (χ4n) is 4.50. The minimum atomic E-state index is -3.65. The highest BCUT2D eigenvalue weighted by Crippen LogP contribution is 2.39. The van der Waals surface area contributed by atoms with Gasteiger partial charge in [-0.05, 0) is 49.1 Å². The maximum Gasteiger partial charge on any atom is 0.318 e. The molecule has 0 saturated carbocycles. The van der Waals surface area contributed by atoms with Crippen molar-refractivity contribution in [3.63, 3.8) is 0 Å². The van der Waals surface area contributed by atoms with Crippen LogP contribution in [0.1, 0.15) is 55.3 Å². The minimum absolute atomic E-state index is 0.216. The lowest BCUT2D eigenvalue weighted by Crippen LogP contribution is -2.28. The second-order valence-electron chi connectivity index (χ2n) is 8.43. The van der Waals surface area contributed by atoms with Crippen molar-refractivity contribution in [2.24, 2.45) is 4.99 Å². The SMILES string of the molecule is CCCCc1ccc(S(=O)(=O)C(C)C2CN=CC(C(=O)O)c3[nH]c4ccccc4c32)cc1. The number of carbonyl (C=O) groups is 1. The number of nitrogens with one attached hydrogen (secondary N) is 1. The van der Waals surface area contributed by atoms with E-state index < -0.39 is 32.9 Å². The van der Waals surface area contributed by atoms with Gasteiger partial charge in [-0.15, -0.1) is 0 Å². The Hall–Kier alpha value is -2.93. The molecule has 3 atom stereocenters. The average Bonchev–Trinajstić information content (AvgIpc) is 3.05. The van der Waals surface area contributed by atoms with E-state index in [1.54, 1.807) is 19.1 Å². The number of carboxylic acid groups (broad SMARTS) is 1. The molecule has 0 amide bonds. The average molecular weight is 453 g/mol. The predicted molar refractivity (Wildman–Crippen MR) is 126 cm³/mol. The van der Waals surface area contributed by atoms with Gasteiger partial charge in [0.15, 0.2) is 9.84 Å². The smallest absolute Gasteiger partial charge is 0.318 e. The Bertz CT molecular complexity index is 1260. The highest BCUT2D eigenvalue weighted by molar-refractivity contribution is 7.92. The summed E-state index contributed by atoms with van der Waals surface area (Å²) < 4.78 is 27.1. The van der Waals surface area contributed by atoms with Gasteiger partial charge in [0.2, 0.25) is 0 Å². The maximum absolute atomic E-state index is 13.6. The van der Waals surface area contributed by atoms with Crippen LogP contribution in [0.3, 0.4) is 0 Å². The highest BCUT2D eigenvalue weighted by atomic mass is 32.2. The highest BCUT2D eigenvalue weighted by Gasteiger charge is 2.38. The van der Waals surface area contributed by atoms with Gasteiger partial charge >= 0.3 is 5.97 Å². The summed E-state index contributed by atoms with van der Waals surface area (Å²) >= 11 is 0. The molecular weight excluding hydrogens is 424 g/mol. The summed E-state index contributed by atoms with van der Waals surface area (Å²) in [5.41, 5.74) is 3.18. The van der Waals surface area contributed by atoms with E-state index in [4.69, 9.17) is 0 Å². The zero-order valence-corrected chi connectivity index (χ0v) is 19.1. The number of H-pyrrole nitrogens is 1. The maximum atomic E-state index is 13.6. The van der Waals surface area contributed by atoms with Gasteiger partial charge in [-0.1, -0.05) is 43.7 Å². The number of aromatic amines is 1. The number of hydrogen-bond donors (Lipinski definition) is 2. The standard InChI is InChI=1S/C25H28N2O4S/c1-3-4-7-17-10-12-18(13-11-17)32(30,31)16(2)20-14-26-15-21(25(28)29)24-23(20)19-8-5-6-9-22(19)27-24/h5-6,8-13,15-16,20-21,27H,3-4,7,14H2,1-2H3,(H,28,29). The number of rotatable bonds is 7. The molecule has 0 saturated heterocycles. The Morgan fingerprint density at radius 2 is 1.91 bits per heavy atom. The van der Waals surface area contributed by atoms with E-state index in [0.717, 1.165) is 41.3 Å². The molecule has 4 rings (SSSR count). The number of unbranched alkanes of at least 4 members (excludes halogenated alkanes) is 1. The number of benzene rings is 2. The molecule has 32 heavy (non-hydrogen) atoms. The summed E-state index contributed by atoms with van der Waals surface area (Å²) in [5, 5.41) is 9.83. The van der Waals surface area contributed by atoms with Crippen LogP contribution in [0.15, 0.2) is 58.4 Å². The lowest BCUT2D eigenvalue weighted by atomic mass is 9.90. The number of aromatic nitrogens is 1. The van der Waals surface area contributed by atoms with E-state index in [9.17, 15) is 18.3 Å². The number of carboxylic acids is 1. The number of nitrogens with zero attached hydrogens (tertiary/aromatic N) is 1. The van der Waals surface area contributed by atoms with Gasteiger partial charge in [0.25, 0.3) is 0 Å². The molecule has 3 aromatic rings. The molecule has 0 radical (unpaired) electrons. The van der Waals surface area contributed by atoms with Crippen molar-refractivity contribution in [3.8, 4) is 0 Å². The first-order valence-electron chi connectivity index (χ1n) is 11.0. The van der Waals surface area contributed by atoms with Crippen molar-refractivity contribution in [2.75, 3.05) is 6.54 Å². The molecule has 0 spiro atoms. The van der Waals surface area contributed by atoms with Gasteiger partial charge in [0, 0.05) is 35.3 Å². The van der Waals surface area contributed by atoms with Crippen LogP contribution in [0.25, 0.3) is 10.9 Å². The van der Waals surface area contributed by atoms with Crippen LogP contribution in [-0.2, 0) is 21.1 Å². The lowest BCUT2D eigenvalue weighted by Gasteiger charge is -2.23. The van der Waals surface area contributed by atoms with Crippen molar-refractivity contribution in [1.82, 2.24) is 4.98 Å². The topological polar surface area (TPSA) is 99.6 Å². The molecule has 1 aromatic heterocycles. The molecule has 6 nitrogen and oxygen atoms in total. The van der Waals surface area contributed by atoms with Crippen LogP contribution in [0.5, 0.6) is 0 Å². The van der Waals surface area contributed by atoms with E-state index in [1.165, 1.54) is 6.21 Å². The van der Waals surface area contributed by atoms with Crippen LogP contribution in [0, 0.1) is 0 Å². The fraction of sp³-hybridized carbons (Fsp3) is 0.360. The first kappa shape index (κ1) is 22.3. The van der Waals surface area contributed by atoms with Crippen LogP contribution in [0.4, 0.5) is 0 Å². The van der Waals surface area contributed by atoms with Crippen molar-refractivity contribution in [2.45, 2.75) is 55.1 Å². The fourth-order valence-corrected chi connectivity index (χ4v) is 6.10. The van der Waals surface area contributed by atoms with Crippen molar-refractivity contribution in [3.05, 3.63) is 65.4 Å². The van der Waals surface area contributed by atoms with E-state index in [2.05, 4.69) is 16.9 Å². The zero-order chi connectivity index (χ0) is 22.9. The van der Waals surface area contributed by atoms with Crippen molar-refractivity contribution < 1.29 is 18.3 Å². The number of para-hydroxylation sites is 1. The second kappa shape index (κ2) is 8.90. The number of fused-ring (bicyclic) bond motifs is 3. The number of hydrogen-bond acceptors (Lipinski definition) is 4. The van der Waals surface area contributed by atoms with Gasteiger partial charge in [-0.25, -0.2) is 8.42 Å². The number of sulfone groups is 1. The third-order valence-electron chi connectivity index (χ3n) is 6.41.